The molecule has 2 aromatic heterocycles. The molecule has 0 aliphatic rings. The summed E-state index contributed by atoms with van der Waals surface area (Å²) >= 11 is 0. The zero-order valence-corrected chi connectivity index (χ0v) is 5.20. The minimum absolute atomic E-state index is 0.161. The number of nitrogens with one attached hydrogen (secondary N) is 1. The minimum atomic E-state index is 0.161. The van der Waals surface area contributed by atoms with Crippen molar-refractivity contribution in [2.75, 3.05) is 0 Å². The Bertz CT molecular complexity index is 320. The molecule has 0 saturated carbocycles. The number of hydrogen-bond acceptors (Lipinski definition) is 2. The molecular formula is C7H6N2O. The van der Waals surface area contributed by atoms with Gasteiger partial charge in [0.1, 0.15) is 0 Å². The van der Waals surface area contributed by atoms with E-state index in [0.29, 0.717) is 0 Å². The van der Waals surface area contributed by atoms with Crippen molar-refractivity contribution in [2.24, 2.45) is 0 Å². The van der Waals surface area contributed by atoms with Crippen LogP contribution in [0, 0.1) is 0 Å². The first-order chi connectivity index (χ1) is 4.86. The highest BCUT2D eigenvalue weighted by molar-refractivity contribution is 5.76. The van der Waals surface area contributed by atoms with Crippen LogP contribution in [0.2, 0.25) is 0 Å². The van der Waals surface area contributed by atoms with Gasteiger partial charge in [-0.2, -0.15) is 0 Å². The number of aromatic hydroxyl groups is 1. The Hall–Kier alpha value is -1.51. The molecule has 3 nitrogen and oxygen atoms in total. The first-order valence-corrected chi connectivity index (χ1v) is 2.99. The molecule has 0 saturated heterocycles. The van der Waals surface area contributed by atoms with Crippen LogP contribution in [-0.2, 0) is 0 Å². The van der Waals surface area contributed by atoms with E-state index in [0.717, 1.165) is 11.0 Å². The van der Waals surface area contributed by atoms with Crippen molar-refractivity contribution in [3.05, 3.63) is 24.4 Å². The maximum atomic E-state index is 8.96. The van der Waals surface area contributed by atoms with Crippen molar-refractivity contribution < 1.29 is 5.11 Å². The number of H-pyrrole nitrogens is 1. The van der Waals surface area contributed by atoms with Crippen LogP contribution in [0.4, 0.5) is 0 Å². The van der Waals surface area contributed by atoms with Gasteiger partial charge < -0.3 is 10.1 Å². The lowest BCUT2D eigenvalue weighted by Crippen LogP contribution is -1.69. The highest BCUT2D eigenvalue weighted by Crippen LogP contribution is 2.15. The van der Waals surface area contributed by atoms with Gasteiger partial charge in [0.25, 0.3) is 0 Å². The molecule has 2 heterocycles. The van der Waals surface area contributed by atoms with E-state index in [1.165, 1.54) is 0 Å². The zero-order chi connectivity index (χ0) is 6.97. The van der Waals surface area contributed by atoms with Crippen LogP contribution in [0.3, 0.4) is 0 Å². The number of nitrogens with zero attached hydrogens (tertiary/aromatic N) is 1. The third-order valence-corrected chi connectivity index (χ3v) is 1.37. The van der Waals surface area contributed by atoms with Gasteiger partial charge in [0, 0.05) is 12.3 Å². The molecular weight excluding hydrogens is 128 g/mol. The summed E-state index contributed by atoms with van der Waals surface area (Å²) in [5.41, 5.74) is 1.65. The SMILES string of the molecule is Oc1cc2ncccc2[nH]1. The average molecular weight is 134 g/mol. The number of pyridine rings is 1. The molecule has 0 aliphatic heterocycles. The third kappa shape index (κ3) is 0.639. The van der Waals surface area contributed by atoms with Crippen LogP contribution < -0.4 is 0 Å². The smallest absolute Gasteiger partial charge is 0.190 e. The molecule has 0 bridgehead atoms. The lowest BCUT2D eigenvalue weighted by molar-refractivity contribution is 0.458. The number of hydrogen-bond donors (Lipinski definition) is 2. The largest absolute Gasteiger partial charge is 0.495 e. The summed E-state index contributed by atoms with van der Waals surface area (Å²) in [6.07, 6.45) is 1.69. The molecule has 0 aromatic carbocycles. The van der Waals surface area contributed by atoms with E-state index in [4.69, 9.17) is 5.11 Å². The van der Waals surface area contributed by atoms with Gasteiger partial charge in [0.05, 0.1) is 11.0 Å². The highest BCUT2D eigenvalue weighted by Gasteiger charge is 1.95. The van der Waals surface area contributed by atoms with Crippen LogP contribution in [0.5, 0.6) is 5.88 Å². The van der Waals surface area contributed by atoms with Crippen LogP contribution in [-0.4, -0.2) is 15.1 Å². The maximum Gasteiger partial charge on any atom is 0.190 e. The number of aromatic amines is 1. The topological polar surface area (TPSA) is 48.9 Å². The normalized spacial score (nSPS) is 10.4. The lowest BCUT2D eigenvalue weighted by Gasteiger charge is -1.82. The number of rotatable bonds is 0. The predicted molar refractivity (Wildman–Crippen MR) is 37.8 cm³/mol. The summed E-state index contributed by atoms with van der Waals surface area (Å²) < 4.78 is 0. The molecule has 0 unspecified atom stereocenters. The van der Waals surface area contributed by atoms with Gasteiger partial charge in [-0.3, -0.25) is 4.98 Å². The molecule has 0 spiro atoms. The quantitative estimate of drug-likeness (QED) is 0.570. The Morgan fingerprint density at radius 1 is 1.50 bits per heavy atom. The highest BCUT2D eigenvalue weighted by atomic mass is 16.3. The summed E-state index contributed by atoms with van der Waals surface area (Å²) in [4.78, 5) is 6.76. The Labute approximate surface area is 57.3 Å². The first-order valence-electron chi connectivity index (χ1n) is 2.99. The number of fused-ring (bicyclic) bond motifs is 1. The second-order valence-electron chi connectivity index (χ2n) is 2.09. The fourth-order valence-corrected chi connectivity index (χ4v) is 0.942. The number of aromatic nitrogens is 2. The average Bonchev–Trinajstić information content (AvgIpc) is 2.27. The van der Waals surface area contributed by atoms with Crippen molar-refractivity contribution in [3.8, 4) is 5.88 Å². The summed E-state index contributed by atoms with van der Waals surface area (Å²) in [5, 5.41) is 8.96. The fraction of sp³-hybridized carbons (Fsp3) is 0. The van der Waals surface area contributed by atoms with E-state index in [2.05, 4.69) is 9.97 Å². The summed E-state index contributed by atoms with van der Waals surface area (Å²) in [5.74, 6) is 0.161. The molecule has 0 radical (unpaired) electrons. The standard InChI is InChI=1S/C7H6N2O/c10-7-4-6-5(9-7)2-1-3-8-6/h1-4,9-10H. The molecule has 2 rings (SSSR count). The summed E-state index contributed by atoms with van der Waals surface area (Å²) in [6.45, 7) is 0. The molecule has 0 amide bonds. The monoisotopic (exact) mass is 134 g/mol. The second-order valence-corrected chi connectivity index (χ2v) is 2.09. The minimum Gasteiger partial charge on any atom is -0.495 e. The van der Waals surface area contributed by atoms with Crippen LogP contribution in [0.15, 0.2) is 24.4 Å². The van der Waals surface area contributed by atoms with Crippen molar-refractivity contribution in [1.82, 2.24) is 9.97 Å². The Morgan fingerprint density at radius 3 is 3.20 bits per heavy atom. The van der Waals surface area contributed by atoms with Crippen molar-refractivity contribution in [1.29, 1.82) is 0 Å². The van der Waals surface area contributed by atoms with Crippen LogP contribution >= 0.6 is 0 Å². The summed E-state index contributed by atoms with van der Waals surface area (Å²) in [6, 6.07) is 5.27. The first kappa shape index (κ1) is 5.29. The zero-order valence-electron chi connectivity index (χ0n) is 5.20. The van der Waals surface area contributed by atoms with Gasteiger partial charge in [-0.25, -0.2) is 0 Å². The molecule has 2 aromatic rings. The Morgan fingerprint density at radius 2 is 2.40 bits per heavy atom. The van der Waals surface area contributed by atoms with E-state index in [9.17, 15) is 0 Å². The van der Waals surface area contributed by atoms with Gasteiger partial charge >= 0.3 is 0 Å². The van der Waals surface area contributed by atoms with Gasteiger partial charge in [0.15, 0.2) is 5.88 Å². The van der Waals surface area contributed by atoms with Gasteiger partial charge in [-0.15, -0.1) is 0 Å². The van der Waals surface area contributed by atoms with Crippen LogP contribution in [0.1, 0.15) is 0 Å². The molecule has 2 N–H and O–H groups in total. The molecule has 0 atom stereocenters. The van der Waals surface area contributed by atoms with E-state index in [-0.39, 0.29) is 5.88 Å². The van der Waals surface area contributed by atoms with Crippen molar-refractivity contribution in [2.45, 2.75) is 0 Å². The predicted octanol–water partition coefficient (Wildman–Crippen LogP) is 1.27. The van der Waals surface area contributed by atoms with E-state index in [1.54, 1.807) is 12.3 Å². The van der Waals surface area contributed by atoms with Gasteiger partial charge in [-0.1, -0.05) is 0 Å². The summed E-state index contributed by atoms with van der Waals surface area (Å²) in [7, 11) is 0. The van der Waals surface area contributed by atoms with E-state index in [1.807, 2.05) is 12.1 Å². The Balaban J connectivity index is 2.88. The van der Waals surface area contributed by atoms with Gasteiger partial charge in [-0.05, 0) is 12.1 Å². The van der Waals surface area contributed by atoms with E-state index < -0.39 is 0 Å². The Kier molecular flexibility index (Phi) is 0.917. The molecule has 3 heteroatoms. The molecule has 50 valence electrons. The van der Waals surface area contributed by atoms with Gasteiger partial charge in [0.2, 0.25) is 0 Å². The molecule has 10 heavy (non-hydrogen) atoms. The maximum absolute atomic E-state index is 8.96. The second kappa shape index (κ2) is 1.73. The fourth-order valence-electron chi connectivity index (χ4n) is 0.942. The van der Waals surface area contributed by atoms with E-state index >= 15 is 0 Å². The molecule has 0 fully saturated rings. The van der Waals surface area contributed by atoms with Crippen molar-refractivity contribution >= 4 is 11.0 Å². The van der Waals surface area contributed by atoms with Crippen LogP contribution in [0.25, 0.3) is 11.0 Å². The molecule has 0 aliphatic carbocycles. The van der Waals surface area contributed by atoms with Crippen molar-refractivity contribution in [3.63, 3.8) is 0 Å². The lowest BCUT2D eigenvalue weighted by atomic mass is 10.4. The third-order valence-electron chi connectivity index (χ3n) is 1.37.